The van der Waals surface area contributed by atoms with E-state index in [9.17, 15) is 9.90 Å². The Morgan fingerprint density at radius 2 is 1.81 bits per heavy atom. The third kappa shape index (κ3) is 9.75. The number of carboxylic acids is 1. The van der Waals surface area contributed by atoms with Crippen LogP contribution in [0.1, 0.15) is 99.9 Å². The minimum Gasteiger partial charge on any atom is -0.479 e. The lowest BCUT2D eigenvalue weighted by Crippen LogP contribution is -2.39. The monoisotopic (exact) mass is 764 g/mol. The second-order valence-corrected chi connectivity index (χ2v) is 18.1. The highest BCUT2D eigenvalue weighted by molar-refractivity contribution is 6.31. The van der Waals surface area contributed by atoms with E-state index in [2.05, 4.69) is 66.8 Å². The van der Waals surface area contributed by atoms with Gasteiger partial charge in [-0.2, -0.15) is 0 Å². The van der Waals surface area contributed by atoms with Gasteiger partial charge in [-0.1, -0.05) is 67.4 Å². The Balaban J connectivity index is 1.46. The van der Waals surface area contributed by atoms with Crippen LogP contribution in [0.25, 0.3) is 11.1 Å². The van der Waals surface area contributed by atoms with E-state index in [4.69, 9.17) is 37.7 Å². The molecule has 2 aromatic carbocycles. The van der Waals surface area contributed by atoms with E-state index in [0.717, 1.165) is 112 Å². The highest BCUT2D eigenvalue weighted by Gasteiger charge is 2.38. The molecular formula is C43H58Cl2N4O4. The highest BCUT2D eigenvalue weighted by atomic mass is 35.5. The predicted octanol–water partition coefficient (Wildman–Crippen LogP) is 9.35. The molecule has 288 valence electrons. The summed E-state index contributed by atoms with van der Waals surface area (Å²) in [7, 11) is 2.15. The number of nitrogens with zero attached hydrogens (tertiary/aromatic N) is 4. The van der Waals surface area contributed by atoms with Crippen LogP contribution in [0, 0.1) is 18.3 Å². The van der Waals surface area contributed by atoms with Crippen molar-refractivity contribution in [2.24, 2.45) is 11.3 Å². The number of anilines is 1. The fourth-order valence-electron chi connectivity index (χ4n) is 8.19. The van der Waals surface area contributed by atoms with Crippen LogP contribution in [0.2, 0.25) is 10.2 Å². The second kappa shape index (κ2) is 16.6. The van der Waals surface area contributed by atoms with Crippen LogP contribution in [-0.4, -0.2) is 77.9 Å². The van der Waals surface area contributed by atoms with Crippen LogP contribution in [0.5, 0.6) is 0 Å². The van der Waals surface area contributed by atoms with Crippen molar-refractivity contribution in [1.29, 1.82) is 0 Å². The standard InChI is InChI=1S/C43H58Cl2N4O4/c1-28-9-8-10-34(44)33(28)26-48-18-13-30-23-31(11-12-32(30)25-48)36-35(27-47(7)24-29-14-21-52-22-15-29)46-40(45)37(39(41(50)51)53-42(2,3)4)38(36)49-19-16-43(5,6)17-20-49/h8-12,23,29,39H,13-22,24-27H2,1-7H3,(H,50,51). The number of piperidine rings is 1. The number of fused-ring (bicyclic) bond motifs is 1. The molecule has 2 fully saturated rings. The van der Waals surface area contributed by atoms with Crippen molar-refractivity contribution >= 4 is 34.9 Å². The van der Waals surface area contributed by atoms with Gasteiger partial charge in [0.1, 0.15) is 5.15 Å². The van der Waals surface area contributed by atoms with E-state index in [0.29, 0.717) is 18.0 Å². The van der Waals surface area contributed by atoms with Crippen molar-refractivity contribution in [2.75, 3.05) is 51.3 Å². The fourth-order valence-corrected chi connectivity index (χ4v) is 8.76. The first-order chi connectivity index (χ1) is 25.1. The third-order valence-corrected chi connectivity index (χ3v) is 11.9. The van der Waals surface area contributed by atoms with Gasteiger partial charge in [-0.05, 0) is 112 Å². The molecule has 0 saturated carbocycles. The SMILES string of the molecule is Cc1cccc(Cl)c1CN1CCc2cc(-c3c(CN(C)CC4CCOCC4)nc(Cl)c(C(OC(C)(C)C)C(=O)O)c3N3CCC(C)(C)CC3)ccc2C1. The lowest BCUT2D eigenvalue weighted by Gasteiger charge is -2.41. The van der Waals surface area contributed by atoms with Gasteiger partial charge in [-0.15, -0.1) is 0 Å². The fraction of sp³-hybridized carbons (Fsp3) is 0.581. The summed E-state index contributed by atoms with van der Waals surface area (Å²) in [6.07, 6.45) is 3.66. The summed E-state index contributed by atoms with van der Waals surface area (Å²) in [6.45, 7) is 19.6. The van der Waals surface area contributed by atoms with Crippen LogP contribution < -0.4 is 4.90 Å². The van der Waals surface area contributed by atoms with Crippen LogP contribution in [0.4, 0.5) is 5.69 Å². The number of hydrogen-bond acceptors (Lipinski definition) is 7. The molecule has 8 nitrogen and oxygen atoms in total. The van der Waals surface area contributed by atoms with Gasteiger partial charge in [-0.3, -0.25) is 4.90 Å². The normalized spacial score (nSPS) is 19.0. The maximum Gasteiger partial charge on any atom is 0.337 e. The highest BCUT2D eigenvalue weighted by Crippen LogP contribution is 2.47. The minimum absolute atomic E-state index is 0.189. The molecule has 6 rings (SSSR count). The number of aryl methyl sites for hydroxylation is 1. The van der Waals surface area contributed by atoms with Crippen molar-refractivity contribution in [2.45, 2.75) is 105 Å². The number of aromatic nitrogens is 1. The van der Waals surface area contributed by atoms with E-state index in [1.54, 1.807) is 0 Å². The Kier molecular flexibility index (Phi) is 12.5. The lowest BCUT2D eigenvalue weighted by molar-refractivity contribution is -0.160. The summed E-state index contributed by atoms with van der Waals surface area (Å²) in [5.74, 6) is -0.523. The van der Waals surface area contributed by atoms with E-state index in [1.165, 1.54) is 22.3 Å². The van der Waals surface area contributed by atoms with Gasteiger partial charge in [0, 0.05) is 69.6 Å². The van der Waals surface area contributed by atoms with Crippen molar-refractivity contribution in [3.05, 3.63) is 80.1 Å². The average Bonchev–Trinajstić information content (AvgIpc) is 3.08. The number of ether oxygens (including phenoxy) is 2. The molecule has 3 aliphatic rings. The number of carbonyl (C=O) groups is 1. The summed E-state index contributed by atoms with van der Waals surface area (Å²) in [5.41, 5.74) is 8.61. The third-order valence-electron chi connectivity index (χ3n) is 11.3. The summed E-state index contributed by atoms with van der Waals surface area (Å²) in [6, 6.07) is 12.9. The zero-order chi connectivity index (χ0) is 38.1. The van der Waals surface area contributed by atoms with Crippen molar-refractivity contribution < 1.29 is 19.4 Å². The summed E-state index contributed by atoms with van der Waals surface area (Å²) < 4.78 is 12.0. The quantitative estimate of drug-likeness (QED) is 0.194. The van der Waals surface area contributed by atoms with Gasteiger partial charge in [0.05, 0.1) is 22.5 Å². The predicted molar refractivity (Wildman–Crippen MR) is 215 cm³/mol. The number of rotatable bonds is 11. The van der Waals surface area contributed by atoms with Gasteiger partial charge < -0.3 is 24.4 Å². The minimum atomic E-state index is -1.29. The Bertz CT molecular complexity index is 1750. The number of hydrogen-bond donors (Lipinski definition) is 1. The van der Waals surface area contributed by atoms with E-state index in [1.807, 2.05) is 32.9 Å². The molecule has 0 amide bonds. The zero-order valence-corrected chi connectivity index (χ0v) is 34.2. The molecule has 1 atom stereocenters. The molecule has 2 saturated heterocycles. The molecule has 0 aliphatic carbocycles. The zero-order valence-electron chi connectivity index (χ0n) is 32.7. The molecule has 4 heterocycles. The maximum atomic E-state index is 13.1. The topological polar surface area (TPSA) is 78.4 Å². The number of aliphatic carboxylic acids is 1. The Hall–Kier alpha value is -2.72. The number of pyridine rings is 1. The van der Waals surface area contributed by atoms with E-state index < -0.39 is 17.7 Å². The molecule has 0 spiro atoms. The van der Waals surface area contributed by atoms with Crippen molar-refractivity contribution in [1.82, 2.24) is 14.8 Å². The number of halogens is 2. The molecule has 1 N–H and O–H groups in total. The summed E-state index contributed by atoms with van der Waals surface area (Å²) in [5, 5.41) is 11.8. The molecule has 3 aromatic rings. The molecular weight excluding hydrogens is 707 g/mol. The van der Waals surface area contributed by atoms with E-state index >= 15 is 0 Å². The molecule has 3 aliphatic heterocycles. The molecule has 10 heteroatoms. The maximum absolute atomic E-state index is 13.1. The largest absolute Gasteiger partial charge is 0.479 e. The van der Waals surface area contributed by atoms with Crippen LogP contribution in [-0.2, 0) is 40.3 Å². The van der Waals surface area contributed by atoms with Crippen LogP contribution in [0.3, 0.4) is 0 Å². The van der Waals surface area contributed by atoms with Gasteiger partial charge in [0.15, 0.2) is 6.10 Å². The van der Waals surface area contributed by atoms with Crippen LogP contribution >= 0.6 is 23.2 Å². The van der Waals surface area contributed by atoms with Crippen molar-refractivity contribution in [3.8, 4) is 11.1 Å². The molecule has 1 aromatic heterocycles. The first kappa shape index (κ1) is 40.0. The Morgan fingerprint density at radius 1 is 1.09 bits per heavy atom. The molecule has 1 unspecified atom stereocenters. The van der Waals surface area contributed by atoms with Gasteiger partial charge in [-0.25, -0.2) is 9.78 Å². The second-order valence-electron chi connectivity index (χ2n) is 17.3. The molecule has 53 heavy (non-hydrogen) atoms. The number of benzene rings is 2. The summed E-state index contributed by atoms with van der Waals surface area (Å²) >= 11 is 13.8. The van der Waals surface area contributed by atoms with Crippen molar-refractivity contribution in [3.63, 3.8) is 0 Å². The van der Waals surface area contributed by atoms with Gasteiger partial charge >= 0.3 is 5.97 Å². The lowest BCUT2D eigenvalue weighted by atomic mass is 9.82. The Morgan fingerprint density at radius 3 is 2.47 bits per heavy atom. The first-order valence-corrected chi connectivity index (χ1v) is 20.1. The van der Waals surface area contributed by atoms with E-state index in [-0.39, 0.29) is 10.6 Å². The first-order valence-electron chi connectivity index (χ1n) is 19.3. The van der Waals surface area contributed by atoms with Gasteiger partial charge in [0.25, 0.3) is 0 Å². The van der Waals surface area contributed by atoms with Gasteiger partial charge in [0.2, 0.25) is 0 Å². The Labute approximate surface area is 326 Å². The average molecular weight is 766 g/mol. The van der Waals surface area contributed by atoms with Crippen LogP contribution in [0.15, 0.2) is 36.4 Å². The molecule has 0 bridgehead atoms. The number of carboxylic acid groups (broad SMARTS) is 1. The molecule has 0 radical (unpaired) electrons. The summed E-state index contributed by atoms with van der Waals surface area (Å²) in [4.78, 5) is 25.4. The smallest absolute Gasteiger partial charge is 0.337 e.